The van der Waals surface area contributed by atoms with Crippen molar-refractivity contribution in [3.05, 3.63) is 54.1 Å². The summed E-state index contributed by atoms with van der Waals surface area (Å²) in [4.78, 5) is 4.07. The Morgan fingerprint density at radius 3 is 2.50 bits per heavy atom. The van der Waals surface area contributed by atoms with Crippen LogP contribution in [0.5, 0.6) is 11.5 Å². The highest BCUT2D eigenvalue weighted by atomic mass is 19.4. The zero-order chi connectivity index (χ0) is 20.4. The van der Waals surface area contributed by atoms with Gasteiger partial charge in [-0.05, 0) is 36.2 Å². The molecule has 0 heterocycles. The number of para-hydroxylation sites is 2. The molecule has 0 aromatic heterocycles. The molecule has 0 saturated carbocycles. The minimum absolute atomic E-state index is 0.00613. The number of aliphatic imine (C=N–C) groups is 1. The monoisotopic (exact) mass is 397 g/mol. The first-order chi connectivity index (χ1) is 13.4. The number of hydrogen-bond acceptors (Lipinski definition) is 4. The minimum Gasteiger partial charge on any atom is -0.497 e. The minimum atomic E-state index is -4.79. The Balaban J connectivity index is 1.73. The molecule has 0 bridgehead atoms. The molecular weight excluding hydrogens is 375 g/mol. The van der Waals surface area contributed by atoms with E-state index in [2.05, 4.69) is 15.0 Å². The summed E-state index contributed by atoms with van der Waals surface area (Å²) in [6.07, 6.45) is -4.18. The van der Waals surface area contributed by atoms with Crippen LogP contribution in [0.2, 0.25) is 0 Å². The number of hydrogen-bond donors (Lipinski definition) is 2. The second kappa shape index (κ2) is 10.4. The van der Waals surface area contributed by atoms with Crippen LogP contribution < -0.4 is 20.5 Å². The van der Waals surface area contributed by atoms with Gasteiger partial charge < -0.3 is 25.3 Å². The lowest BCUT2D eigenvalue weighted by molar-refractivity contribution is -0.274. The summed E-state index contributed by atoms with van der Waals surface area (Å²) in [5, 5.41) is 2.61. The van der Waals surface area contributed by atoms with Gasteiger partial charge >= 0.3 is 6.36 Å². The van der Waals surface area contributed by atoms with E-state index in [1.54, 1.807) is 13.2 Å². The first-order valence-electron chi connectivity index (χ1n) is 8.50. The van der Waals surface area contributed by atoms with Crippen molar-refractivity contribution in [2.45, 2.75) is 19.4 Å². The van der Waals surface area contributed by atoms with Crippen LogP contribution in [0.1, 0.15) is 12.0 Å². The quantitative estimate of drug-likeness (QED) is 0.381. The van der Waals surface area contributed by atoms with Gasteiger partial charge in [0.1, 0.15) is 5.75 Å². The van der Waals surface area contributed by atoms with Gasteiger partial charge in [-0.15, -0.1) is 13.2 Å². The molecule has 2 rings (SSSR count). The maximum atomic E-state index is 12.4. The van der Waals surface area contributed by atoms with Gasteiger partial charge in [0.05, 0.1) is 19.4 Å². The van der Waals surface area contributed by atoms with Crippen molar-refractivity contribution in [2.24, 2.45) is 10.7 Å². The number of methoxy groups -OCH3 is 1. The number of nitrogens with zero attached hydrogens (tertiary/aromatic N) is 1. The number of rotatable bonds is 9. The Labute approximate surface area is 161 Å². The molecule has 0 aliphatic heterocycles. The molecule has 0 unspecified atom stereocenters. The molecule has 2 aromatic rings. The van der Waals surface area contributed by atoms with E-state index in [-0.39, 0.29) is 17.4 Å². The molecule has 2 aromatic carbocycles. The molecule has 0 fully saturated rings. The second-order valence-electron chi connectivity index (χ2n) is 5.69. The molecule has 152 valence electrons. The number of nitrogens with two attached hydrogens (primary N) is 1. The molecule has 6 nitrogen and oxygen atoms in total. The summed E-state index contributed by atoms with van der Waals surface area (Å²) >= 11 is 0. The Morgan fingerprint density at radius 1 is 1.11 bits per heavy atom. The third-order valence-corrected chi connectivity index (χ3v) is 3.53. The molecule has 0 amide bonds. The van der Waals surface area contributed by atoms with Crippen LogP contribution >= 0.6 is 0 Å². The van der Waals surface area contributed by atoms with Crippen molar-refractivity contribution in [3.8, 4) is 11.5 Å². The fraction of sp³-hybridized carbons (Fsp3) is 0.316. The average Bonchev–Trinajstić information content (AvgIpc) is 2.65. The van der Waals surface area contributed by atoms with Gasteiger partial charge in [-0.1, -0.05) is 24.3 Å². The van der Waals surface area contributed by atoms with Crippen LogP contribution in [0, 0.1) is 0 Å². The van der Waals surface area contributed by atoms with Crippen molar-refractivity contribution >= 4 is 11.6 Å². The van der Waals surface area contributed by atoms with Gasteiger partial charge in [0.15, 0.2) is 11.7 Å². The second-order valence-corrected chi connectivity index (χ2v) is 5.69. The summed E-state index contributed by atoms with van der Waals surface area (Å²) in [5.74, 6) is 0.396. The van der Waals surface area contributed by atoms with E-state index in [9.17, 15) is 13.2 Å². The number of ether oxygens (including phenoxy) is 3. The summed E-state index contributed by atoms with van der Waals surface area (Å²) in [6, 6.07) is 13.1. The van der Waals surface area contributed by atoms with Crippen molar-refractivity contribution < 1.29 is 27.4 Å². The highest BCUT2D eigenvalue weighted by Gasteiger charge is 2.32. The van der Waals surface area contributed by atoms with E-state index >= 15 is 0 Å². The molecule has 28 heavy (non-hydrogen) atoms. The summed E-state index contributed by atoms with van der Waals surface area (Å²) in [6.45, 7) is 1.30. The van der Waals surface area contributed by atoms with Gasteiger partial charge in [-0.2, -0.15) is 0 Å². The highest BCUT2D eigenvalue weighted by Crippen LogP contribution is 2.29. The molecular formula is C19H22F3N3O3. The summed E-state index contributed by atoms with van der Waals surface area (Å²) in [5.41, 5.74) is 6.82. The first kappa shape index (κ1) is 21.4. The van der Waals surface area contributed by atoms with Gasteiger partial charge in [-0.3, -0.25) is 4.99 Å². The van der Waals surface area contributed by atoms with Crippen LogP contribution in [0.3, 0.4) is 0 Å². The van der Waals surface area contributed by atoms with E-state index < -0.39 is 6.36 Å². The lowest BCUT2D eigenvalue weighted by atomic mass is 10.2. The normalized spacial score (nSPS) is 11.9. The molecule has 3 N–H and O–H groups in total. The van der Waals surface area contributed by atoms with Gasteiger partial charge in [-0.25, -0.2) is 0 Å². The Bertz CT molecular complexity index is 765. The fourth-order valence-electron chi connectivity index (χ4n) is 2.24. The van der Waals surface area contributed by atoms with E-state index in [1.807, 2.05) is 24.3 Å². The zero-order valence-corrected chi connectivity index (χ0v) is 15.3. The number of benzene rings is 2. The molecule has 0 atom stereocenters. The maximum absolute atomic E-state index is 12.4. The number of alkyl halides is 3. The largest absolute Gasteiger partial charge is 0.573 e. The van der Waals surface area contributed by atoms with Crippen molar-refractivity contribution in [1.29, 1.82) is 0 Å². The first-order valence-corrected chi connectivity index (χ1v) is 8.50. The Kier molecular flexibility index (Phi) is 7.94. The number of anilines is 1. The van der Waals surface area contributed by atoms with Crippen molar-refractivity contribution in [1.82, 2.24) is 0 Å². The van der Waals surface area contributed by atoms with Crippen molar-refractivity contribution in [3.63, 3.8) is 0 Å². The number of guanidine groups is 1. The standard InChI is InChI=1S/C19H22F3N3O3/c1-26-15-9-7-14(8-10-15)13-27-12-4-11-24-18(23)25-16-5-2-3-6-17(16)28-19(20,21)22/h2-3,5-10H,4,11-13H2,1H3,(H3,23,24,25). The SMILES string of the molecule is COc1ccc(COCCCN=C(N)Nc2ccccc2OC(F)(F)F)cc1. The van der Waals surface area contributed by atoms with E-state index in [4.69, 9.17) is 15.2 Å². The van der Waals surface area contributed by atoms with E-state index in [0.29, 0.717) is 26.2 Å². The molecule has 0 aliphatic carbocycles. The predicted molar refractivity (Wildman–Crippen MR) is 101 cm³/mol. The predicted octanol–water partition coefficient (Wildman–Crippen LogP) is 3.93. The van der Waals surface area contributed by atoms with Crippen LogP contribution in [-0.4, -0.2) is 32.6 Å². The molecule has 9 heteroatoms. The topological polar surface area (TPSA) is 78.1 Å². The lowest BCUT2D eigenvalue weighted by Gasteiger charge is -2.14. The number of nitrogens with one attached hydrogen (secondary N) is 1. The Hall–Kier alpha value is -2.94. The third kappa shape index (κ3) is 7.75. The summed E-state index contributed by atoms with van der Waals surface area (Å²) in [7, 11) is 1.61. The molecule has 0 radical (unpaired) electrons. The maximum Gasteiger partial charge on any atom is 0.573 e. The van der Waals surface area contributed by atoms with Gasteiger partial charge in [0, 0.05) is 13.2 Å². The zero-order valence-electron chi connectivity index (χ0n) is 15.3. The van der Waals surface area contributed by atoms with Crippen LogP contribution in [0.15, 0.2) is 53.5 Å². The molecule has 0 spiro atoms. The van der Waals surface area contributed by atoms with Gasteiger partial charge in [0.2, 0.25) is 0 Å². The molecule has 0 saturated heterocycles. The van der Waals surface area contributed by atoms with E-state index in [0.717, 1.165) is 11.3 Å². The lowest BCUT2D eigenvalue weighted by Crippen LogP contribution is -2.24. The summed E-state index contributed by atoms with van der Waals surface area (Å²) < 4.78 is 51.8. The third-order valence-electron chi connectivity index (χ3n) is 3.53. The number of halogens is 3. The van der Waals surface area contributed by atoms with E-state index in [1.165, 1.54) is 18.2 Å². The average molecular weight is 397 g/mol. The highest BCUT2D eigenvalue weighted by molar-refractivity contribution is 5.93. The Morgan fingerprint density at radius 2 is 1.82 bits per heavy atom. The molecule has 0 aliphatic rings. The van der Waals surface area contributed by atoms with Crippen LogP contribution in [-0.2, 0) is 11.3 Å². The van der Waals surface area contributed by atoms with Crippen LogP contribution in [0.25, 0.3) is 0 Å². The van der Waals surface area contributed by atoms with Crippen LogP contribution in [0.4, 0.5) is 18.9 Å². The van der Waals surface area contributed by atoms with Crippen molar-refractivity contribution in [2.75, 3.05) is 25.6 Å². The van der Waals surface area contributed by atoms with Gasteiger partial charge in [0.25, 0.3) is 0 Å². The fourth-order valence-corrected chi connectivity index (χ4v) is 2.24. The smallest absolute Gasteiger partial charge is 0.497 e.